The molecule has 3 heterocycles. The summed E-state index contributed by atoms with van der Waals surface area (Å²) in [5.74, 6) is -0.246. The van der Waals surface area contributed by atoms with Gasteiger partial charge >= 0.3 is 0 Å². The summed E-state index contributed by atoms with van der Waals surface area (Å²) in [5.41, 5.74) is 6.44. The molecule has 0 atom stereocenters. The minimum absolute atomic E-state index is 0.246. The van der Waals surface area contributed by atoms with Crippen molar-refractivity contribution in [1.29, 1.82) is 0 Å². The summed E-state index contributed by atoms with van der Waals surface area (Å²) in [4.78, 5) is 12.2. The molecule has 0 saturated carbocycles. The molecule has 1 N–H and O–H groups in total. The standard InChI is InChI=1S/C18H10FN3S/c19-11-2-3-12-13-5-6-20-17(18(13)22-15(12)8-11)10-1-4-14-16(7-10)23-9-21-14/h1-9,22H. The number of aromatic nitrogens is 3. The van der Waals surface area contributed by atoms with E-state index in [1.165, 1.54) is 12.1 Å². The molecule has 3 aromatic heterocycles. The topological polar surface area (TPSA) is 41.6 Å². The van der Waals surface area contributed by atoms with Crippen LogP contribution in [0.5, 0.6) is 0 Å². The van der Waals surface area contributed by atoms with E-state index in [-0.39, 0.29) is 5.82 Å². The van der Waals surface area contributed by atoms with Crippen LogP contribution in [-0.2, 0) is 0 Å². The van der Waals surface area contributed by atoms with Gasteiger partial charge < -0.3 is 4.98 Å². The van der Waals surface area contributed by atoms with Crippen LogP contribution in [0, 0.1) is 5.82 Å². The average molecular weight is 319 g/mol. The first-order valence-electron chi connectivity index (χ1n) is 7.19. The Morgan fingerprint density at radius 1 is 0.957 bits per heavy atom. The summed E-state index contributed by atoms with van der Waals surface area (Å²) in [6.07, 6.45) is 1.80. The van der Waals surface area contributed by atoms with Crippen molar-refractivity contribution in [3.05, 3.63) is 60.0 Å². The van der Waals surface area contributed by atoms with Gasteiger partial charge in [0.1, 0.15) is 5.82 Å². The van der Waals surface area contributed by atoms with Gasteiger partial charge in [0.15, 0.2) is 0 Å². The second-order valence-electron chi connectivity index (χ2n) is 5.43. The second-order valence-corrected chi connectivity index (χ2v) is 6.32. The van der Waals surface area contributed by atoms with Gasteiger partial charge in [-0.2, -0.15) is 0 Å². The number of hydrogen-bond acceptors (Lipinski definition) is 3. The Balaban J connectivity index is 1.85. The molecule has 0 radical (unpaired) electrons. The van der Waals surface area contributed by atoms with Crippen molar-refractivity contribution in [3.8, 4) is 11.3 Å². The number of thiazole rings is 1. The van der Waals surface area contributed by atoms with Gasteiger partial charge in [-0.15, -0.1) is 11.3 Å². The van der Waals surface area contributed by atoms with Crippen LogP contribution in [0.1, 0.15) is 0 Å². The monoisotopic (exact) mass is 319 g/mol. The quantitative estimate of drug-likeness (QED) is 0.465. The van der Waals surface area contributed by atoms with Crippen LogP contribution in [0.4, 0.5) is 4.39 Å². The van der Waals surface area contributed by atoms with Crippen LogP contribution in [0.25, 0.3) is 43.3 Å². The van der Waals surface area contributed by atoms with Crippen LogP contribution in [0.15, 0.2) is 54.2 Å². The first-order valence-corrected chi connectivity index (χ1v) is 8.07. The van der Waals surface area contributed by atoms with Crippen LogP contribution >= 0.6 is 11.3 Å². The summed E-state index contributed by atoms with van der Waals surface area (Å²) >= 11 is 1.61. The molecule has 0 spiro atoms. The lowest BCUT2D eigenvalue weighted by atomic mass is 10.1. The van der Waals surface area contributed by atoms with Gasteiger partial charge in [-0.05, 0) is 36.4 Å². The van der Waals surface area contributed by atoms with Crippen LogP contribution in [-0.4, -0.2) is 15.0 Å². The zero-order chi connectivity index (χ0) is 15.4. The molecule has 3 nitrogen and oxygen atoms in total. The van der Waals surface area contributed by atoms with Gasteiger partial charge in [-0.1, -0.05) is 6.07 Å². The maximum Gasteiger partial charge on any atom is 0.125 e. The molecule has 0 saturated heterocycles. The van der Waals surface area contributed by atoms with Gasteiger partial charge in [-0.25, -0.2) is 9.37 Å². The fourth-order valence-electron chi connectivity index (χ4n) is 3.02. The van der Waals surface area contributed by atoms with Crippen molar-refractivity contribution >= 4 is 43.4 Å². The Kier molecular flexibility index (Phi) is 2.55. The second kappa shape index (κ2) is 4.60. The zero-order valence-electron chi connectivity index (χ0n) is 11.9. The lowest BCUT2D eigenvalue weighted by molar-refractivity contribution is 0.629. The van der Waals surface area contributed by atoms with E-state index >= 15 is 0 Å². The van der Waals surface area contributed by atoms with E-state index in [4.69, 9.17) is 0 Å². The molecule has 0 aliphatic carbocycles. The molecule has 0 fully saturated rings. The highest BCUT2D eigenvalue weighted by molar-refractivity contribution is 7.16. The van der Waals surface area contributed by atoms with Crippen molar-refractivity contribution in [2.24, 2.45) is 0 Å². The van der Waals surface area contributed by atoms with Crippen molar-refractivity contribution in [2.45, 2.75) is 0 Å². The third kappa shape index (κ3) is 1.87. The maximum absolute atomic E-state index is 13.5. The Labute approximate surface area is 134 Å². The molecule has 0 aliphatic rings. The molecule has 0 bridgehead atoms. The van der Waals surface area contributed by atoms with Gasteiger partial charge in [-0.3, -0.25) is 4.98 Å². The predicted octanol–water partition coefficient (Wildman–Crippen LogP) is 5.13. The fourth-order valence-corrected chi connectivity index (χ4v) is 3.74. The van der Waals surface area contributed by atoms with Crippen LogP contribution < -0.4 is 0 Å². The number of aromatic amines is 1. The third-order valence-electron chi connectivity index (χ3n) is 4.09. The molecule has 5 heteroatoms. The van der Waals surface area contributed by atoms with E-state index in [2.05, 4.69) is 21.0 Å². The normalized spacial score (nSPS) is 11.7. The van der Waals surface area contributed by atoms with Crippen LogP contribution in [0.3, 0.4) is 0 Å². The van der Waals surface area contributed by atoms with E-state index in [9.17, 15) is 4.39 Å². The number of benzene rings is 2. The number of hydrogen-bond donors (Lipinski definition) is 1. The number of nitrogens with zero attached hydrogens (tertiary/aromatic N) is 2. The summed E-state index contributed by atoms with van der Waals surface area (Å²) in [7, 11) is 0. The first kappa shape index (κ1) is 12.7. The van der Waals surface area contributed by atoms with E-state index < -0.39 is 0 Å². The Morgan fingerprint density at radius 2 is 1.91 bits per heavy atom. The first-order chi connectivity index (χ1) is 11.3. The molecule has 2 aromatic carbocycles. The van der Waals surface area contributed by atoms with Gasteiger partial charge in [0.05, 0.1) is 26.9 Å². The number of pyridine rings is 1. The number of fused-ring (bicyclic) bond motifs is 4. The molecule has 0 unspecified atom stereocenters. The van der Waals surface area contributed by atoms with E-state index in [0.29, 0.717) is 0 Å². The van der Waals surface area contributed by atoms with E-state index in [0.717, 1.165) is 43.3 Å². The highest BCUT2D eigenvalue weighted by atomic mass is 32.1. The average Bonchev–Trinajstić information content (AvgIpc) is 3.17. The summed E-state index contributed by atoms with van der Waals surface area (Å²) in [6.45, 7) is 0. The van der Waals surface area contributed by atoms with E-state index in [1.54, 1.807) is 23.6 Å². The highest BCUT2D eigenvalue weighted by Crippen LogP contribution is 2.33. The Bertz CT molecular complexity index is 1190. The Hall–Kier alpha value is -2.79. The SMILES string of the molecule is Fc1ccc2c(c1)[nH]c1c(-c3ccc4ncsc4c3)nccc12. The summed E-state index contributed by atoms with van der Waals surface area (Å²) in [6, 6.07) is 12.9. The summed E-state index contributed by atoms with van der Waals surface area (Å²) in [5, 5.41) is 2.05. The minimum Gasteiger partial charge on any atom is -0.353 e. The lowest BCUT2D eigenvalue weighted by Gasteiger charge is -2.02. The van der Waals surface area contributed by atoms with E-state index in [1.807, 2.05) is 23.7 Å². The molecule has 5 aromatic rings. The number of rotatable bonds is 1. The zero-order valence-corrected chi connectivity index (χ0v) is 12.7. The Morgan fingerprint density at radius 3 is 2.87 bits per heavy atom. The maximum atomic E-state index is 13.5. The van der Waals surface area contributed by atoms with Gasteiger partial charge in [0.2, 0.25) is 0 Å². The minimum atomic E-state index is -0.246. The molecular formula is C18H10FN3S. The number of halogens is 1. The van der Waals surface area contributed by atoms with Crippen molar-refractivity contribution < 1.29 is 4.39 Å². The molecule has 0 amide bonds. The molecule has 0 aliphatic heterocycles. The molecule has 5 rings (SSSR count). The fraction of sp³-hybridized carbons (Fsp3) is 0. The van der Waals surface area contributed by atoms with Crippen molar-refractivity contribution in [1.82, 2.24) is 15.0 Å². The van der Waals surface area contributed by atoms with Crippen LogP contribution in [0.2, 0.25) is 0 Å². The molecule has 23 heavy (non-hydrogen) atoms. The predicted molar refractivity (Wildman–Crippen MR) is 92.2 cm³/mol. The smallest absolute Gasteiger partial charge is 0.125 e. The van der Waals surface area contributed by atoms with Gasteiger partial charge in [0.25, 0.3) is 0 Å². The van der Waals surface area contributed by atoms with Crippen molar-refractivity contribution in [3.63, 3.8) is 0 Å². The molecule has 110 valence electrons. The number of H-pyrrole nitrogens is 1. The molecular weight excluding hydrogens is 309 g/mol. The van der Waals surface area contributed by atoms with Gasteiger partial charge in [0, 0.05) is 28.0 Å². The lowest BCUT2D eigenvalue weighted by Crippen LogP contribution is -1.85. The van der Waals surface area contributed by atoms with Crippen molar-refractivity contribution in [2.75, 3.05) is 0 Å². The third-order valence-corrected chi connectivity index (χ3v) is 4.88. The number of nitrogens with one attached hydrogen (secondary N) is 1. The largest absolute Gasteiger partial charge is 0.353 e. The summed E-state index contributed by atoms with van der Waals surface area (Å²) < 4.78 is 14.6. The highest BCUT2D eigenvalue weighted by Gasteiger charge is 2.12.